The van der Waals surface area contributed by atoms with Gasteiger partial charge >= 0.3 is 0 Å². The molecule has 160 valence electrons. The van der Waals surface area contributed by atoms with Crippen LogP contribution in [0, 0.1) is 6.92 Å². The highest BCUT2D eigenvalue weighted by molar-refractivity contribution is 6.38. The number of imidazole rings is 1. The summed E-state index contributed by atoms with van der Waals surface area (Å²) in [4.78, 5) is 11.4. The van der Waals surface area contributed by atoms with E-state index in [2.05, 4.69) is 46.3 Å². The molecule has 0 amide bonds. The molecule has 2 N–H and O–H groups in total. The van der Waals surface area contributed by atoms with Crippen molar-refractivity contribution in [3.63, 3.8) is 0 Å². The fraction of sp³-hybridized carbons (Fsp3) is 0.292. The van der Waals surface area contributed by atoms with Gasteiger partial charge in [-0.15, -0.1) is 0 Å². The van der Waals surface area contributed by atoms with Crippen LogP contribution in [-0.2, 0) is 6.42 Å². The van der Waals surface area contributed by atoms with Crippen LogP contribution in [0.3, 0.4) is 0 Å². The van der Waals surface area contributed by atoms with Crippen LogP contribution in [0.1, 0.15) is 23.2 Å². The van der Waals surface area contributed by atoms with Crippen molar-refractivity contribution in [3.05, 3.63) is 71.8 Å². The minimum atomic E-state index is 0.171. The highest BCUT2D eigenvalue weighted by Crippen LogP contribution is 2.27. The van der Waals surface area contributed by atoms with Crippen molar-refractivity contribution in [2.75, 3.05) is 25.6 Å². The summed E-state index contributed by atoms with van der Waals surface area (Å²) in [5.74, 6) is 6.44. The van der Waals surface area contributed by atoms with E-state index in [1.165, 1.54) is 11.3 Å². The molecule has 7 heteroatoms. The predicted octanol–water partition coefficient (Wildman–Crippen LogP) is 3.37. The lowest BCUT2D eigenvalue weighted by atomic mass is 10.1. The fourth-order valence-electron chi connectivity index (χ4n) is 4.01. The van der Waals surface area contributed by atoms with E-state index in [-0.39, 0.29) is 6.04 Å². The van der Waals surface area contributed by atoms with Crippen molar-refractivity contribution < 1.29 is 4.74 Å². The highest BCUT2D eigenvalue weighted by Gasteiger charge is 2.18. The number of nitrogens with two attached hydrogens (primary N) is 1. The fourth-order valence-corrected chi connectivity index (χ4v) is 4.01. The Labute approximate surface area is 182 Å². The number of aromatic nitrogens is 2. The number of rotatable bonds is 5. The minimum absolute atomic E-state index is 0.171. The maximum absolute atomic E-state index is 5.72. The SMILES string of the molecule is COc1cc(/C(C=NC2CCc3ccccc3N(C)C2)=N/N)ccc1-n1cnc(C)c1. The number of likely N-dealkylation sites (N-methyl/N-ethyl adjacent to an activating group) is 1. The lowest BCUT2D eigenvalue weighted by molar-refractivity contribution is 0.413. The molecule has 0 radical (unpaired) electrons. The summed E-state index contributed by atoms with van der Waals surface area (Å²) in [5.41, 5.74) is 5.97. The van der Waals surface area contributed by atoms with Gasteiger partial charge in [-0.25, -0.2) is 4.98 Å². The van der Waals surface area contributed by atoms with Crippen molar-refractivity contribution in [1.82, 2.24) is 9.55 Å². The maximum atomic E-state index is 5.72. The molecule has 0 bridgehead atoms. The Morgan fingerprint density at radius 3 is 2.81 bits per heavy atom. The van der Waals surface area contributed by atoms with E-state index in [1.807, 2.05) is 35.9 Å². The van der Waals surface area contributed by atoms with Gasteiger partial charge in [0.1, 0.15) is 11.5 Å². The summed E-state index contributed by atoms with van der Waals surface area (Å²) in [6.45, 7) is 2.81. The molecule has 7 nitrogen and oxygen atoms in total. The van der Waals surface area contributed by atoms with E-state index in [0.29, 0.717) is 11.5 Å². The molecular weight excluding hydrogens is 388 g/mol. The quantitative estimate of drug-likeness (QED) is 0.393. The van der Waals surface area contributed by atoms with E-state index < -0.39 is 0 Å². The number of aliphatic imine (C=N–C) groups is 1. The number of ether oxygens (including phenoxy) is 1. The van der Waals surface area contributed by atoms with Gasteiger partial charge in [-0.05, 0) is 43.5 Å². The molecule has 1 aromatic heterocycles. The van der Waals surface area contributed by atoms with Crippen molar-refractivity contribution in [3.8, 4) is 11.4 Å². The van der Waals surface area contributed by atoms with Gasteiger partial charge in [0.15, 0.2) is 0 Å². The number of para-hydroxylation sites is 1. The van der Waals surface area contributed by atoms with E-state index >= 15 is 0 Å². The Hall–Kier alpha value is -3.61. The maximum Gasteiger partial charge on any atom is 0.143 e. The summed E-state index contributed by atoms with van der Waals surface area (Å²) >= 11 is 0. The first kappa shape index (κ1) is 20.7. The molecule has 0 saturated heterocycles. The Balaban J connectivity index is 1.54. The molecule has 1 atom stereocenters. The van der Waals surface area contributed by atoms with Crippen LogP contribution in [0.25, 0.3) is 5.69 Å². The molecule has 3 aromatic rings. The zero-order chi connectivity index (χ0) is 21.8. The van der Waals surface area contributed by atoms with Crippen LogP contribution in [-0.4, -0.2) is 48.2 Å². The largest absolute Gasteiger partial charge is 0.495 e. The molecule has 1 aliphatic heterocycles. The second-order valence-corrected chi connectivity index (χ2v) is 7.80. The number of hydrazone groups is 1. The monoisotopic (exact) mass is 416 g/mol. The number of nitrogens with zero attached hydrogens (tertiary/aromatic N) is 5. The number of methoxy groups -OCH3 is 1. The summed E-state index contributed by atoms with van der Waals surface area (Å²) in [7, 11) is 3.77. The van der Waals surface area contributed by atoms with E-state index in [0.717, 1.165) is 36.3 Å². The first-order valence-corrected chi connectivity index (χ1v) is 10.4. The second kappa shape index (κ2) is 9.04. The van der Waals surface area contributed by atoms with E-state index in [1.54, 1.807) is 19.7 Å². The van der Waals surface area contributed by atoms with Crippen LogP contribution in [0.15, 0.2) is 65.1 Å². The van der Waals surface area contributed by atoms with Gasteiger partial charge in [0.25, 0.3) is 0 Å². The summed E-state index contributed by atoms with van der Waals surface area (Å²) in [6.07, 6.45) is 7.50. The number of hydrogen-bond acceptors (Lipinski definition) is 6. The smallest absolute Gasteiger partial charge is 0.143 e. The number of aryl methyl sites for hydroxylation is 2. The van der Waals surface area contributed by atoms with Crippen LogP contribution >= 0.6 is 0 Å². The molecule has 2 heterocycles. The van der Waals surface area contributed by atoms with Crippen molar-refractivity contribution in [2.24, 2.45) is 15.9 Å². The second-order valence-electron chi connectivity index (χ2n) is 7.80. The Bertz CT molecular complexity index is 1120. The Morgan fingerprint density at radius 2 is 2.06 bits per heavy atom. The Kier molecular flexibility index (Phi) is 6.02. The Morgan fingerprint density at radius 1 is 1.23 bits per heavy atom. The van der Waals surface area contributed by atoms with Gasteiger partial charge in [-0.1, -0.05) is 24.3 Å². The van der Waals surface area contributed by atoms with Gasteiger partial charge < -0.3 is 20.0 Å². The first-order chi connectivity index (χ1) is 15.1. The van der Waals surface area contributed by atoms with Crippen molar-refractivity contribution >= 4 is 17.6 Å². The lowest BCUT2D eigenvalue weighted by Crippen LogP contribution is -2.27. The molecule has 4 rings (SSSR count). The number of anilines is 1. The van der Waals surface area contributed by atoms with Crippen LogP contribution in [0.5, 0.6) is 5.75 Å². The van der Waals surface area contributed by atoms with Gasteiger partial charge in [0.2, 0.25) is 0 Å². The average molecular weight is 417 g/mol. The minimum Gasteiger partial charge on any atom is -0.495 e. The van der Waals surface area contributed by atoms with Crippen LogP contribution in [0.4, 0.5) is 5.69 Å². The third-order valence-corrected chi connectivity index (χ3v) is 5.65. The summed E-state index contributed by atoms with van der Waals surface area (Å²) in [6, 6.07) is 14.6. The molecule has 31 heavy (non-hydrogen) atoms. The zero-order valence-electron chi connectivity index (χ0n) is 18.2. The molecule has 0 aliphatic carbocycles. The third kappa shape index (κ3) is 4.45. The topological polar surface area (TPSA) is 81.0 Å². The lowest BCUT2D eigenvalue weighted by Gasteiger charge is -2.21. The average Bonchev–Trinajstić information content (AvgIpc) is 3.16. The number of benzene rings is 2. The normalized spacial score (nSPS) is 16.9. The standard InChI is InChI=1S/C24H28N6O/c1-17-14-30(16-27-17)23-11-9-19(12-24(23)31-3)21(28-25)13-26-20-10-8-18-6-4-5-7-22(18)29(2)15-20/h4-7,9,11-14,16,20H,8,10,15,25H2,1-3H3/b26-13?,28-21+. The van der Waals surface area contributed by atoms with E-state index in [9.17, 15) is 0 Å². The molecule has 0 spiro atoms. The summed E-state index contributed by atoms with van der Waals surface area (Å²) < 4.78 is 7.54. The van der Waals surface area contributed by atoms with Gasteiger partial charge in [-0.2, -0.15) is 5.10 Å². The summed E-state index contributed by atoms with van der Waals surface area (Å²) in [5, 5.41) is 3.99. The van der Waals surface area contributed by atoms with Crippen molar-refractivity contribution in [1.29, 1.82) is 0 Å². The molecule has 0 fully saturated rings. The van der Waals surface area contributed by atoms with Crippen LogP contribution < -0.4 is 15.5 Å². The molecule has 1 aliphatic rings. The highest BCUT2D eigenvalue weighted by atomic mass is 16.5. The molecular formula is C24H28N6O. The van der Waals surface area contributed by atoms with Crippen molar-refractivity contribution in [2.45, 2.75) is 25.8 Å². The molecule has 0 saturated carbocycles. The van der Waals surface area contributed by atoms with Gasteiger partial charge in [0.05, 0.1) is 30.9 Å². The molecule has 1 unspecified atom stereocenters. The van der Waals surface area contributed by atoms with Gasteiger partial charge in [-0.3, -0.25) is 4.99 Å². The molecule has 2 aromatic carbocycles. The third-order valence-electron chi connectivity index (χ3n) is 5.65. The van der Waals surface area contributed by atoms with E-state index in [4.69, 9.17) is 15.6 Å². The zero-order valence-corrected chi connectivity index (χ0v) is 18.2. The predicted molar refractivity (Wildman–Crippen MR) is 126 cm³/mol. The number of hydrogen-bond donors (Lipinski definition) is 1. The first-order valence-electron chi connectivity index (χ1n) is 10.4. The number of fused-ring (bicyclic) bond motifs is 1. The van der Waals surface area contributed by atoms with Gasteiger partial charge in [0, 0.05) is 37.3 Å². The van der Waals surface area contributed by atoms with Crippen LogP contribution in [0.2, 0.25) is 0 Å².